The van der Waals surface area contributed by atoms with Crippen LogP contribution in [0.2, 0.25) is 5.02 Å². The summed E-state index contributed by atoms with van der Waals surface area (Å²) in [4.78, 5) is 39.6. The van der Waals surface area contributed by atoms with E-state index in [2.05, 4.69) is 15.0 Å². The maximum atomic E-state index is 15.0. The average Bonchev–Trinajstić information content (AvgIpc) is 2.83. The molecule has 1 fully saturated rings. The topological polar surface area (TPSA) is 91.9 Å². The zero-order valence-electron chi connectivity index (χ0n) is 19.5. The molecule has 0 amide bonds. The first-order valence-corrected chi connectivity index (χ1v) is 11.6. The van der Waals surface area contributed by atoms with E-state index < -0.39 is 11.4 Å². The molecule has 1 saturated heterocycles. The van der Waals surface area contributed by atoms with Crippen molar-refractivity contribution in [2.24, 2.45) is 7.05 Å². The third-order valence-corrected chi connectivity index (χ3v) is 6.69. The number of hydrogen-bond donors (Lipinski definition) is 0. The predicted molar refractivity (Wildman–Crippen MR) is 130 cm³/mol. The summed E-state index contributed by atoms with van der Waals surface area (Å²) in [5.74, 6) is -0.928. The molecule has 1 aliphatic rings. The molecule has 180 valence electrons. The lowest BCUT2D eigenvalue weighted by atomic mass is 9.89. The van der Waals surface area contributed by atoms with Crippen molar-refractivity contribution < 1.29 is 9.13 Å². The molecule has 2 atom stereocenters. The summed E-state index contributed by atoms with van der Waals surface area (Å²) in [6.07, 6.45) is 2.32. The van der Waals surface area contributed by atoms with Gasteiger partial charge in [-0.3, -0.25) is 14.2 Å². The summed E-state index contributed by atoms with van der Waals surface area (Å²) in [5, 5.41) is 0.220. The quantitative estimate of drug-likeness (QED) is 0.428. The highest BCUT2D eigenvalue weighted by Gasteiger charge is 2.30. The minimum Gasteiger partial charge on any atom is -0.373 e. The lowest BCUT2D eigenvalue weighted by Crippen LogP contribution is -2.31. The Morgan fingerprint density at radius 1 is 1.09 bits per heavy atom. The second kappa shape index (κ2) is 8.98. The number of benzene rings is 1. The van der Waals surface area contributed by atoms with E-state index in [1.165, 1.54) is 21.3 Å². The highest BCUT2D eigenvalue weighted by Crippen LogP contribution is 2.36. The van der Waals surface area contributed by atoms with E-state index in [1.807, 2.05) is 13.0 Å². The number of pyridine rings is 1. The molecule has 0 radical (unpaired) electrons. The maximum absolute atomic E-state index is 15.0. The molecule has 5 rings (SSSR count). The van der Waals surface area contributed by atoms with Crippen molar-refractivity contribution in [2.75, 3.05) is 6.61 Å². The van der Waals surface area contributed by atoms with Crippen LogP contribution in [-0.2, 0) is 11.8 Å². The summed E-state index contributed by atoms with van der Waals surface area (Å²) in [5.41, 5.74) is 2.15. The van der Waals surface area contributed by atoms with Gasteiger partial charge in [-0.05, 0) is 56.5 Å². The fourth-order valence-corrected chi connectivity index (χ4v) is 4.53. The van der Waals surface area contributed by atoms with Gasteiger partial charge in [-0.25, -0.2) is 19.3 Å². The Kier molecular flexibility index (Phi) is 5.98. The fraction of sp³-hybridized carbons (Fsp3) is 0.320. The van der Waals surface area contributed by atoms with Gasteiger partial charge in [0.1, 0.15) is 11.5 Å². The molecule has 0 unspecified atom stereocenters. The SMILES string of the molecule is Cc1nc2nc([C@@H]3CCO[C@H](c4ccn(C)c(=O)c4)C3)c(=O)n(-c3ccc(Cl)cc3F)c2nc1C. The van der Waals surface area contributed by atoms with Crippen molar-refractivity contribution in [3.05, 3.63) is 90.7 Å². The molecule has 10 heteroatoms. The average molecular weight is 496 g/mol. The van der Waals surface area contributed by atoms with Crippen molar-refractivity contribution in [1.82, 2.24) is 24.1 Å². The highest BCUT2D eigenvalue weighted by molar-refractivity contribution is 6.30. The summed E-state index contributed by atoms with van der Waals surface area (Å²) < 4.78 is 23.6. The van der Waals surface area contributed by atoms with Crippen molar-refractivity contribution in [3.8, 4) is 5.69 Å². The van der Waals surface area contributed by atoms with Gasteiger partial charge in [-0.2, -0.15) is 0 Å². The van der Waals surface area contributed by atoms with E-state index in [0.29, 0.717) is 30.8 Å². The first-order chi connectivity index (χ1) is 16.7. The molecule has 1 aromatic carbocycles. The zero-order valence-corrected chi connectivity index (χ0v) is 20.2. The Bertz CT molecular complexity index is 1580. The van der Waals surface area contributed by atoms with Gasteiger partial charge in [0.25, 0.3) is 11.1 Å². The van der Waals surface area contributed by atoms with E-state index >= 15 is 0 Å². The Morgan fingerprint density at radius 3 is 2.60 bits per heavy atom. The van der Waals surface area contributed by atoms with Gasteiger partial charge in [-0.15, -0.1) is 0 Å². The number of fused-ring (bicyclic) bond motifs is 1. The van der Waals surface area contributed by atoms with Gasteiger partial charge in [0.05, 0.1) is 23.2 Å². The lowest BCUT2D eigenvalue weighted by molar-refractivity contribution is 0.00429. The largest absolute Gasteiger partial charge is 0.373 e. The lowest BCUT2D eigenvalue weighted by Gasteiger charge is -2.29. The summed E-state index contributed by atoms with van der Waals surface area (Å²) in [6, 6.07) is 7.50. The van der Waals surface area contributed by atoms with Gasteiger partial charge in [0.15, 0.2) is 11.3 Å². The second-order valence-corrected chi connectivity index (χ2v) is 9.20. The predicted octanol–water partition coefficient (Wildman–Crippen LogP) is 3.92. The Morgan fingerprint density at radius 2 is 1.86 bits per heavy atom. The summed E-state index contributed by atoms with van der Waals surface area (Å²) >= 11 is 5.95. The van der Waals surface area contributed by atoms with Crippen LogP contribution in [0.4, 0.5) is 4.39 Å². The van der Waals surface area contributed by atoms with E-state index in [1.54, 1.807) is 26.2 Å². The number of halogens is 2. The Balaban J connectivity index is 1.67. The van der Waals surface area contributed by atoms with Crippen LogP contribution < -0.4 is 11.1 Å². The van der Waals surface area contributed by atoms with E-state index in [9.17, 15) is 14.0 Å². The number of aryl methyl sites for hydroxylation is 3. The second-order valence-electron chi connectivity index (χ2n) is 8.76. The molecule has 4 aromatic rings. The van der Waals surface area contributed by atoms with Crippen LogP contribution in [-0.4, -0.2) is 30.7 Å². The first-order valence-electron chi connectivity index (χ1n) is 11.2. The van der Waals surface area contributed by atoms with Gasteiger partial charge in [0.2, 0.25) is 0 Å². The van der Waals surface area contributed by atoms with Crippen LogP contribution in [0.5, 0.6) is 0 Å². The number of aromatic nitrogens is 5. The van der Waals surface area contributed by atoms with E-state index in [4.69, 9.17) is 16.3 Å². The number of nitrogens with zero attached hydrogens (tertiary/aromatic N) is 5. The van der Waals surface area contributed by atoms with Gasteiger partial charge < -0.3 is 9.30 Å². The smallest absolute Gasteiger partial charge is 0.278 e. The summed E-state index contributed by atoms with van der Waals surface area (Å²) in [7, 11) is 1.68. The maximum Gasteiger partial charge on any atom is 0.278 e. The third kappa shape index (κ3) is 4.26. The van der Waals surface area contributed by atoms with Crippen LogP contribution in [0.3, 0.4) is 0 Å². The van der Waals surface area contributed by atoms with Crippen molar-refractivity contribution in [3.63, 3.8) is 0 Å². The minimum absolute atomic E-state index is 0.0285. The Labute approximate surface area is 205 Å². The number of rotatable bonds is 3. The van der Waals surface area contributed by atoms with Crippen molar-refractivity contribution in [1.29, 1.82) is 0 Å². The van der Waals surface area contributed by atoms with Crippen molar-refractivity contribution in [2.45, 2.75) is 38.7 Å². The molecular formula is C25H23ClFN5O3. The molecule has 4 heterocycles. The van der Waals surface area contributed by atoms with E-state index in [0.717, 1.165) is 11.6 Å². The normalized spacial score (nSPS) is 18.2. The molecule has 0 bridgehead atoms. The molecular weight excluding hydrogens is 473 g/mol. The van der Waals surface area contributed by atoms with Gasteiger partial charge >= 0.3 is 0 Å². The standard InChI is InChI=1S/C25H23ClFN5O3/c1-13-14(2)29-24-23(28-13)30-22(25(34)32(24)19-5-4-17(26)12-18(19)27)16-7-9-35-20(10-16)15-6-8-31(3)21(33)11-15/h4-6,8,11-12,16,20H,7,9-10H2,1-3H3/t16-,20+/m1/s1. The molecule has 1 aliphatic heterocycles. The Hall–Kier alpha value is -3.43. The van der Waals surface area contributed by atoms with Gasteiger partial charge in [-0.1, -0.05) is 11.6 Å². The molecule has 0 saturated carbocycles. The van der Waals surface area contributed by atoms with Crippen LogP contribution in [0.25, 0.3) is 17.0 Å². The fourth-order valence-electron chi connectivity index (χ4n) is 4.37. The molecule has 35 heavy (non-hydrogen) atoms. The summed E-state index contributed by atoms with van der Waals surface area (Å²) in [6.45, 7) is 3.97. The first kappa shape index (κ1) is 23.3. The molecule has 0 aliphatic carbocycles. The monoisotopic (exact) mass is 495 g/mol. The van der Waals surface area contributed by atoms with Gasteiger partial charge in [0, 0.05) is 36.9 Å². The molecule has 3 aromatic heterocycles. The highest BCUT2D eigenvalue weighted by atomic mass is 35.5. The van der Waals surface area contributed by atoms with Crippen LogP contribution in [0, 0.1) is 19.7 Å². The zero-order chi connectivity index (χ0) is 24.9. The number of hydrogen-bond acceptors (Lipinski definition) is 6. The van der Waals surface area contributed by atoms with Crippen LogP contribution >= 0.6 is 11.6 Å². The molecule has 0 spiro atoms. The van der Waals surface area contributed by atoms with Crippen LogP contribution in [0.15, 0.2) is 46.1 Å². The number of ether oxygens (including phenoxy) is 1. The molecule has 8 nitrogen and oxygen atoms in total. The minimum atomic E-state index is -0.650. The van der Waals surface area contributed by atoms with Crippen LogP contribution in [0.1, 0.15) is 47.5 Å². The van der Waals surface area contributed by atoms with E-state index in [-0.39, 0.29) is 45.3 Å². The molecule has 0 N–H and O–H groups in total. The van der Waals surface area contributed by atoms with Crippen molar-refractivity contribution >= 4 is 22.9 Å². The third-order valence-electron chi connectivity index (χ3n) is 6.45.